The van der Waals surface area contributed by atoms with Crippen molar-refractivity contribution in [2.75, 3.05) is 19.3 Å². The summed E-state index contributed by atoms with van der Waals surface area (Å²) in [6.45, 7) is 7.19. The summed E-state index contributed by atoms with van der Waals surface area (Å²) in [5.41, 5.74) is 6.98. The van der Waals surface area contributed by atoms with Crippen molar-refractivity contribution in [1.29, 1.82) is 0 Å². The molecule has 2 heterocycles. The lowest BCUT2D eigenvalue weighted by Gasteiger charge is -2.61. The van der Waals surface area contributed by atoms with Crippen LogP contribution in [-0.4, -0.2) is 35.2 Å². The first-order chi connectivity index (χ1) is 25.2. The Morgan fingerprint density at radius 2 is 1.77 bits per heavy atom. The summed E-state index contributed by atoms with van der Waals surface area (Å²) in [7, 11) is 6.64. The molecule has 2 aliphatic heterocycles. The van der Waals surface area contributed by atoms with E-state index in [9.17, 15) is 5.11 Å². The van der Waals surface area contributed by atoms with E-state index < -0.39 is 0 Å². The minimum atomic E-state index is 0.147. The Balaban J connectivity index is 1.13. The maximum Gasteiger partial charge on any atom is 0.116 e. The Kier molecular flexibility index (Phi) is 9.95. The van der Waals surface area contributed by atoms with Crippen molar-refractivity contribution in [1.82, 2.24) is 10.6 Å². The molecule has 0 radical (unpaired) electrons. The predicted molar refractivity (Wildman–Crippen MR) is 222 cm³/mol. The number of hydrogen-bond donors (Lipinski definition) is 3. The molecule has 10 atom stereocenters. The van der Waals surface area contributed by atoms with Crippen LogP contribution in [0.4, 0.5) is 0 Å². The highest BCUT2D eigenvalue weighted by Gasteiger charge is 2.63. The lowest BCUT2D eigenvalue weighted by atomic mass is 9.44. The second kappa shape index (κ2) is 14.3. The monoisotopic (exact) mass is 738 g/mol. The van der Waals surface area contributed by atoms with Gasteiger partial charge in [0.05, 0.1) is 0 Å². The van der Waals surface area contributed by atoms with Crippen LogP contribution in [-0.2, 0) is 19.4 Å². The quantitative estimate of drug-likeness (QED) is 0.212. The first-order valence-corrected chi connectivity index (χ1v) is 23.8. The number of phenolic OH excluding ortho intramolecular Hbond substituents is 1. The molecule has 2 aromatic carbocycles. The van der Waals surface area contributed by atoms with E-state index in [1.165, 1.54) is 124 Å². The van der Waals surface area contributed by atoms with Gasteiger partial charge in [-0.1, -0.05) is 83.8 Å². The standard InChI is InChI=1S/C47H66N2OS2/c1-32-9-8-15-47(24-32)30-45(25-39(28-48-3)46(29-45)13-6-7-14-46)26-41-37-19-34-17-33(20-40(50)21-34)18-35-10-4-5-11-36(35)27-49-44(2)16-12-43(52-51-31-44)38(22-37)23-42(41)47/h4-5,8,10-11,15,17,20-21,32,37-39,41-43,48-50H,6-7,9,12-14,16,18-19,22-31H2,1-3H3. The molecule has 52 heavy (non-hydrogen) atoms. The molecular weight excluding hydrogens is 673 g/mol. The van der Waals surface area contributed by atoms with Crippen molar-refractivity contribution in [2.45, 2.75) is 134 Å². The smallest absolute Gasteiger partial charge is 0.116 e. The molecule has 0 amide bonds. The lowest BCUT2D eigenvalue weighted by molar-refractivity contribution is -0.0872. The van der Waals surface area contributed by atoms with Crippen molar-refractivity contribution in [3.05, 3.63) is 76.9 Å². The van der Waals surface area contributed by atoms with Crippen molar-refractivity contribution >= 4 is 21.6 Å². The summed E-state index contributed by atoms with van der Waals surface area (Å²) < 4.78 is 0. The summed E-state index contributed by atoms with van der Waals surface area (Å²) in [5, 5.41) is 19.8. The maximum absolute atomic E-state index is 11.3. The van der Waals surface area contributed by atoms with Gasteiger partial charge in [0.15, 0.2) is 0 Å². The number of hydrogen-bond acceptors (Lipinski definition) is 5. The zero-order chi connectivity index (χ0) is 35.6. The fraction of sp³-hybridized carbons (Fsp3) is 0.702. The van der Waals surface area contributed by atoms with Gasteiger partial charge in [0.25, 0.3) is 0 Å². The highest BCUT2D eigenvalue weighted by atomic mass is 33.1. The molecule has 5 aliphatic carbocycles. The number of fused-ring (bicyclic) bond motifs is 12. The Morgan fingerprint density at radius 1 is 0.942 bits per heavy atom. The molecule has 3 nitrogen and oxygen atoms in total. The van der Waals surface area contributed by atoms with Crippen LogP contribution in [0.5, 0.6) is 5.75 Å². The SMILES string of the molecule is CNCC1CC2(CC3C4Cc5cc(O)cc(c5)Cc5ccccc5CNC5(C)CCC(SSC5)C(C4)CC3C3(C=CCC(C)C3)C2)CC12CCCC2. The third kappa shape index (κ3) is 6.87. The van der Waals surface area contributed by atoms with Gasteiger partial charge in [-0.3, -0.25) is 0 Å². The first-order valence-electron chi connectivity index (χ1n) is 21.4. The van der Waals surface area contributed by atoms with Crippen LogP contribution in [0.25, 0.3) is 0 Å². The van der Waals surface area contributed by atoms with Gasteiger partial charge in [-0.25, -0.2) is 0 Å². The summed E-state index contributed by atoms with van der Waals surface area (Å²) in [6.07, 6.45) is 27.3. The molecule has 2 aromatic rings. The van der Waals surface area contributed by atoms with E-state index in [1.54, 1.807) is 0 Å². The van der Waals surface area contributed by atoms with Crippen molar-refractivity contribution in [3.63, 3.8) is 0 Å². The van der Waals surface area contributed by atoms with E-state index in [-0.39, 0.29) is 5.54 Å². The normalized spacial score (nSPS) is 41.2. The van der Waals surface area contributed by atoms with Gasteiger partial charge in [-0.2, -0.15) is 0 Å². The number of nitrogens with one attached hydrogen (secondary N) is 2. The van der Waals surface area contributed by atoms with Crippen LogP contribution in [0.3, 0.4) is 0 Å². The van der Waals surface area contributed by atoms with Gasteiger partial charge < -0.3 is 15.7 Å². The molecule has 282 valence electrons. The number of benzene rings is 2. The van der Waals surface area contributed by atoms with E-state index in [0.29, 0.717) is 27.9 Å². The third-order valence-corrected chi connectivity index (χ3v) is 19.5. The molecule has 5 fully saturated rings. The van der Waals surface area contributed by atoms with Gasteiger partial charge in [0.2, 0.25) is 0 Å². The molecule has 10 unspecified atom stereocenters. The van der Waals surface area contributed by atoms with Crippen molar-refractivity contribution in [3.8, 4) is 5.75 Å². The highest BCUT2D eigenvalue weighted by Crippen LogP contribution is 2.72. The number of phenols is 1. The van der Waals surface area contributed by atoms with Gasteiger partial charge >= 0.3 is 0 Å². The van der Waals surface area contributed by atoms with Gasteiger partial charge in [-0.05, 0) is 197 Å². The molecule has 3 spiro atoms. The first kappa shape index (κ1) is 36.3. The van der Waals surface area contributed by atoms with E-state index in [1.807, 2.05) is 6.07 Å². The average molecular weight is 739 g/mol. The second-order valence-corrected chi connectivity index (χ2v) is 22.6. The zero-order valence-electron chi connectivity index (χ0n) is 32.4. The minimum Gasteiger partial charge on any atom is -0.508 e. The number of aromatic hydroxyl groups is 1. The molecule has 4 saturated carbocycles. The summed E-state index contributed by atoms with van der Waals surface area (Å²) in [6, 6.07) is 15.7. The van der Waals surface area contributed by atoms with Crippen molar-refractivity contribution < 1.29 is 5.11 Å². The third-order valence-electron chi connectivity index (χ3n) is 16.3. The van der Waals surface area contributed by atoms with Gasteiger partial charge in [0, 0.05) is 23.1 Å². The zero-order valence-corrected chi connectivity index (χ0v) is 34.1. The Labute approximate surface area is 323 Å². The van der Waals surface area contributed by atoms with E-state index in [2.05, 4.69) is 102 Å². The average Bonchev–Trinajstić information content (AvgIpc) is 3.62. The van der Waals surface area contributed by atoms with E-state index in [4.69, 9.17) is 0 Å². The summed E-state index contributed by atoms with van der Waals surface area (Å²) >= 11 is 0. The van der Waals surface area contributed by atoms with Gasteiger partial charge in [0.1, 0.15) is 5.75 Å². The van der Waals surface area contributed by atoms with Crippen LogP contribution in [0, 0.1) is 51.8 Å². The fourth-order valence-corrected chi connectivity index (χ4v) is 17.9. The Bertz CT molecular complexity index is 1630. The lowest BCUT2D eigenvalue weighted by Crippen LogP contribution is -2.53. The van der Waals surface area contributed by atoms with Crippen LogP contribution in [0.1, 0.15) is 126 Å². The van der Waals surface area contributed by atoms with Crippen LogP contribution < -0.4 is 10.6 Å². The van der Waals surface area contributed by atoms with Crippen LogP contribution >= 0.6 is 21.6 Å². The van der Waals surface area contributed by atoms with Gasteiger partial charge in [-0.15, -0.1) is 0 Å². The predicted octanol–water partition coefficient (Wildman–Crippen LogP) is 11.1. The molecule has 5 heteroatoms. The second-order valence-electron chi connectivity index (χ2n) is 20.0. The molecule has 9 rings (SSSR count). The molecular formula is C47H66N2OS2. The van der Waals surface area contributed by atoms with E-state index >= 15 is 0 Å². The van der Waals surface area contributed by atoms with E-state index in [0.717, 1.165) is 54.2 Å². The Morgan fingerprint density at radius 3 is 2.60 bits per heavy atom. The maximum atomic E-state index is 11.3. The molecule has 7 aliphatic rings. The van der Waals surface area contributed by atoms with Crippen LogP contribution in [0.2, 0.25) is 0 Å². The molecule has 1 saturated heterocycles. The number of allylic oxidation sites excluding steroid dienone is 2. The number of rotatable bonds is 2. The summed E-state index contributed by atoms with van der Waals surface area (Å²) in [4.78, 5) is 0. The summed E-state index contributed by atoms with van der Waals surface area (Å²) in [5.74, 6) is 6.26. The fourth-order valence-electron chi connectivity index (χ4n) is 14.3. The largest absolute Gasteiger partial charge is 0.508 e. The molecule has 6 bridgehead atoms. The molecule has 0 aromatic heterocycles. The minimum absolute atomic E-state index is 0.147. The van der Waals surface area contributed by atoms with Crippen molar-refractivity contribution in [2.24, 2.45) is 51.8 Å². The van der Waals surface area contributed by atoms with Crippen LogP contribution in [0.15, 0.2) is 54.6 Å². The molecule has 3 N–H and O–H groups in total. The topological polar surface area (TPSA) is 44.3 Å². The Hall–Kier alpha value is -1.40. The highest BCUT2D eigenvalue weighted by molar-refractivity contribution is 8.77.